The molecule has 104 heavy (non-hydrogen) atoms. The fourth-order valence-corrected chi connectivity index (χ4v) is 13.3. The highest BCUT2D eigenvalue weighted by atomic mass is 16.5. The Bertz CT molecular complexity index is 4980. The monoisotopic (exact) mass is 1400 g/mol. The number of amides is 8. The Morgan fingerprint density at radius 2 is 0.808 bits per heavy atom. The Morgan fingerprint density at radius 3 is 1.24 bits per heavy atom. The lowest BCUT2D eigenvalue weighted by molar-refractivity contribution is -0.139. The van der Waals surface area contributed by atoms with Crippen molar-refractivity contribution in [1.82, 2.24) is 0 Å². The number of carbonyl (C=O) groups excluding carboxylic acids is 8. The maximum atomic E-state index is 15.5. The highest BCUT2D eigenvalue weighted by molar-refractivity contribution is 6.14. The van der Waals surface area contributed by atoms with E-state index in [2.05, 4.69) is 35.9 Å². The molecule has 9 N–H and O–H groups in total. The number of nitrogens with one attached hydrogen (secondary N) is 3. The Hall–Kier alpha value is -13.3. The number of fused-ring (bicyclic) bond motifs is 4. The molecule has 26 heteroatoms. The number of nitrogens with zero attached hydrogens (tertiary/aromatic N) is 5. The molecule has 0 bridgehead atoms. The summed E-state index contributed by atoms with van der Waals surface area (Å²) in [6.07, 6.45) is 18.4. The second kappa shape index (κ2) is 30.3. The lowest BCUT2D eigenvalue weighted by Crippen LogP contribution is -2.51. The summed E-state index contributed by atoms with van der Waals surface area (Å²) in [5, 5.41) is 71.6. The number of aliphatic hydroxyl groups excluding tert-OH is 4. The first kappa shape index (κ1) is 70.6. The number of aliphatic hydroxyl groups is 4. The van der Waals surface area contributed by atoms with Gasteiger partial charge in [0.2, 0.25) is 0 Å². The number of anilines is 4. The van der Waals surface area contributed by atoms with Crippen molar-refractivity contribution >= 4 is 105 Å². The molecule has 0 saturated carbocycles. The van der Waals surface area contributed by atoms with E-state index in [0.29, 0.717) is 34.4 Å². The number of hydrogen-bond acceptors (Lipinski definition) is 16. The van der Waals surface area contributed by atoms with Crippen LogP contribution < -0.4 is 20.9 Å². The van der Waals surface area contributed by atoms with Gasteiger partial charge in [-0.15, -0.1) is 0 Å². The first-order valence-electron chi connectivity index (χ1n) is 33.1. The second-order valence-electron chi connectivity index (χ2n) is 25.2. The predicted molar refractivity (Wildman–Crippen MR) is 383 cm³/mol. The smallest absolute Gasteiger partial charge is 0.336 e. The van der Waals surface area contributed by atoms with E-state index in [0.717, 1.165) is 6.08 Å². The van der Waals surface area contributed by atoms with E-state index in [4.69, 9.17) is 9.47 Å². The van der Waals surface area contributed by atoms with Crippen LogP contribution in [0, 0.1) is 23.7 Å². The third-order valence-electron chi connectivity index (χ3n) is 18.4. The Labute approximate surface area is 593 Å². The minimum atomic E-state index is -1.41. The number of rotatable bonds is 15. The van der Waals surface area contributed by atoms with Crippen LogP contribution in [0.25, 0.3) is 0 Å². The number of carboxylic acid groups (broad SMARTS) is 2. The van der Waals surface area contributed by atoms with Crippen LogP contribution in [0.3, 0.4) is 0 Å². The molecular weight excluding hydrogens is 1340 g/mol. The number of aliphatic carboxylic acids is 2. The molecule has 8 aliphatic rings. The normalized spacial score (nSPS) is 21.7. The van der Waals surface area contributed by atoms with Gasteiger partial charge in [0.15, 0.2) is 0 Å². The summed E-state index contributed by atoms with van der Waals surface area (Å²) in [6.45, 7) is 3.30. The molecular formula is C78H66N8O18. The molecule has 0 radical (unpaired) electrons. The number of hydrogen-bond donors (Lipinski definition) is 9. The highest BCUT2D eigenvalue weighted by Gasteiger charge is 2.44. The second-order valence-corrected chi connectivity index (χ2v) is 25.2. The van der Waals surface area contributed by atoms with Crippen LogP contribution in [0.1, 0.15) is 100 Å². The van der Waals surface area contributed by atoms with Crippen molar-refractivity contribution < 1.29 is 88.1 Å². The predicted octanol–water partition coefficient (Wildman–Crippen LogP) is 12.5. The number of urea groups is 2. The van der Waals surface area contributed by atoms with Gasteiger partial charge in [0.1, 0.15) is 23.0 Å². The molecule has 526 valence electrons. The third kappa shape index (κ3) is 15.7. The van der Waals surface area contributed by atoms with Crippen LogP contribution in [0.15, 0.2) is 258 Å². The molecule has 0 aliphatic heterocycles. The van der Waals surface area contributed by atoms with E-state index in [1.165, 1.54) is 114 Å². The minimum Gasteiger partial charge on any atom is -0.508 e. The zero-order valence-electron chi connectivity index (χ0n) is 55.7. The number of carbonyl (C=O) groups is 10. The van der Waals surface area contributed by atoms with Crippen LogP contribution in [0.4, 0.5) is 32.3 Å². The molecule has 0 aromatic heterocycles. The summed E-state index contributed by atoms with van der Waals surface area (Å²) in [7, 11) is 0. The van der Waals surface area contributed by atoms with Crippen molar-refractivity contribution in [3.8, 4) is 0 Å². The van der Waals surface area contributed by atoms with Crippen LogP contribution in [-0.2, 0) is 28.7 Å². The molecule has 0 saturated heterocycles. The first-order chi connectivity index (χ1) is 50.0. The van der Waals surface area contributed by atoms with Crippen LogP contribution >= 0.6 is 0 Å². The lowest BCUT2D eigenvalue weighted by Gasteiger charge is -2.41. The molecule has 0 heterocycles. The van der Waals surface area contributed by atoms with Gasteiger partial charge in [0, 0.05) is 134 Å². The Morgan fingerprint density at radius 1 is 0.442 bits per heavy atom. The van der Waals surface area contributed by atoms with Gasteiger partial charge in [-0.05, 0) is 177 Å². The maximum absolute atomic E-state index is 15.5. The van der Waals surface area contributed by atoms with Gasteiger partial charge in [-0.3, -0.25) is 24.1 Å². The molecule has 4 aromatic carbocycles. The van der Waals surface area contributed by atoms with E-state index in [9.17, 15) is 73.8 Å². The molecule has 5 unspecified atom stereocenters. The van der Waals surface area contributed by atoms with Crippen LogP contribution in [0.5, 0.6) is 0 Å². The van der Waals surface area contributed by atoms with Crippen LogP contribution in [-0.4, -0.2) is 132 Å². The molecule has 0 spiro atoms. The van der Waals surface area contributed by atoms with Crippen molar-refractivity contribution in [2.45, 2.75) is 64.8 Å². The van der Waals surface area contributed by atoms with Crippen molar-refractivity contribution in [3.05, 3.63) is 260 Å². The van der Waals surface area contributed by atoms with E-state index >= 15 is 4.79 Å². The largest absolute Gasteiger partial charge is 0.508 e. The summed E-state index contributed by atoms with van der Waals surface area (Å²) in [4.78, 5) is 153. The minimum absolute atomic E-state index is 0.0108. The Balaban J connectivity index is 0.796. The zero-order chi connectivity index (χ0) is 73.6. The summed E-state index contributed by atoms with van der Waals surface area (Å²) >= 11 is 0. The standard InChI is InChI=1S/C78H66N8O18/c1-3-103-75(99)49-27-42-19-22-54(37-61(42)66(89)34-49)79-69(91)43-9-5-13-50(28-43)83-77(101)84-51-14-6-10-44(29-51)70(92)82-56-23-24-58-62(38-56)67(90)39-63(76(100)104-4-2)68(58)86(57-16-8-12-46(31-57)72(94)81-55-21-18-41-26-48(74(97)98)33-65(88)60(41)36-55)78(102)85-52-15-7-11-45(30-52)71(93)80-53-20-17-40-25-47(73(95)96)32-64(87)59(40)35-53/h5-24,28-34,39-42,58,68,87-90H,3-4,25-27,35-38H2,1-2H3,(H,85,102)(H,95,96)(H,97,98)(H2,83,84,101). The van der Waals surface area contributed by atoms with Gasteiger partial charge >= 0.3 is 35.9 Å². The molecule has 5 atom stereocenters. The number of carboxylic acids is 2. The fourth-order valence-electron chi connectivity index (χ4n) is 13.3. The zero-order valence-corrected chi connectivity index (χ0v) is 55.7. The van der Waals surface area contributed by atoms with Crippen molar-refractivity contribution in [1.29, 1.82) is 0 Å². The quantitative estimate of drug-likeness (QED) is 0.0499. The molecule has 8 amide bonds. The van der Waals surface area contributed by atoms with E-state index in [-0.39, 0.29) is 159 Å². The third-order valence-corrected chi connectivity index (χ3v) is 18.4. The summed E-state index contributed by atoms with van der Waals surface area (Å²) < 4.78 is 10.6. The first-order valence-corrected chi connectivity index (χ1v) is 33.1. The number of benzene rings is 4. The SMILES string of the molecule is CCOC(=O)C1=CC(O)=C2CC(=NC(=O)c3cccc(NC(=O)Nc4cccc(C(=O)N=C5C=CC6C(=C(O)C=C(C(=O)OCC)C6N(C(=O)Nc6cccc(C(=O)N=C7C=CC8CC(C(=O)O)=CC(O)=C8C7)c6)c6cccc(C(=O)N=C7C=CC8CC(C(=O)O)=CC(O)=C8C7)c6)C5)c4)c3)C=CC2C1. The molecule has 12 rings (SSSR count). The van der Waals surface area contributed by atoms with Gasteiger partial charge in [-0.1, -0.05) is 48.6 Å². The van der Waals surface area contributed by atoms with E-state index < -0.39 is 89.1 Å². The highest BCUT2D eigenvalue weighted by Crippen LogP contribution is 2.43. The fraction of sp³-hybridized carbons (Fsp3) is 0.205. The summed E-state index contributed by atoms with van der Waals surface area (Å²) in [6, 6.07) is 20.4. The number of allylic oxidation sites excluding steroid dienone is 14. The van der Waals surface area contributed by atoms with Gasteiger partial charge in [-0.2, -0.15) is 0 Å². The summed E-state index contributed by atoms with van der Waals surface area (Å²) in [5.74, 6) is -9.90. The number of aliphatic imine (C=N–C) groups is 4. The van der Waals surface area contributed by atoms with Crippen molar-refractivity contribution in [2.75, 3.05) is 34.1 Å². The van der Waals surface area contributed by atoms with Crippen molar-refractivity contribution in [2.24, 2.45) is 43.6 Å². The number of ether oxygens (including phenoxy) is 2. The van der Waals surface area contributed by atoms with Gasteiger partial charge < -0.3 is 56.1 Å². The molecule has 4 aromatic rings. The Kier molecular flexibility index (Phi) is 20.6. The van der Waals surface area contributed by atoms with Gasteiger partial charge in [-0.25, -0.2) is 48.7 Å². The van der Waals surface area contributed by atoms with Gasteiger partial charge in [0.05, 0.1) is 24.8 Å². The summed E-state index contributed by atoms with van der Waals surface area (Å²) in [5.41, 5.74) is 3.58. The van der Waals surface area contributed by atoms with Crippen molar-refractivity contribution in [3.63, 3.8) is 0 Å². The molecule has 8 aliphatic carbocycles. The molecule has 0 fully saturated rings. The van der Waals surface area contributed by atoms with Gasteiger partial charge in [0.25, 0.3) is 23.6 Å². The lowest BCUT2D eigenvalue weighted by atomic mass is 9.75. The van der Waals surface area contributed by atoms with Crippen LogP contribution in [0.2, 0.25) is 0 Å². The number of esters is 2. The maximum Gasteiger partial charge on any atom is 0.336 e. The average molecular weight is 1400 g/mol. The average Bonchev–Trinajstić information content (AvgIpc) is 0.732. The molecule has 26 nitrogen and oxygen atoms in total. The van der Waals surface area contributed by atoms with E-state index in [1.54, 1.807) is 68.5 Å². The van der Waals surface area contributed by atoms with E-state index in [1.807, 2.05) is 0 Å². The topological polar surface area (TPSA) is 399 Å².